The topological polar surface area (TPSA) is 46.5 Å². The van der Waals surface area contributed by atoms with Gasteiger partial charge in [-0.15, -0.1) is 0 Å². The lowest BCUT2D eigenvalue weighted by molar-refractivity contribution is -0.147. The smallest absolute Gasteiger partial charge is 0.312 e. The number of esters is 1. The summed E-state index contributed by atoms with van der Waals surface area (Å²) in [7, 11) is 0. The van der Waals surface area contributed by atoms with Crippen molar-refractivity contribution in [1.82, 2.24) is 0 Å². The van der Waals surface area contributed by atoms with Gasteiger partial charge in [0.2, 0.25) is 0 Å². The van der Waals surface area contributed by atoms with Crippen LogP contribution in [0.15, 0.2) is 60.7 Å². The van der Waals surface area contributed by atoms with Crippen LogP contribution in [0.2, 0.25) is 0 Å². The standard InChI is InChI=1S/C17H16O3/c18-16(13-9-5-2-6-10-13)14-11-15(20-17(14)19)12-7-3-1-4-8-12/h1-10,14-16,18H,11H2/t14-,15+,16+/m1/s1. The van der Waals surface area contributed by atoms with E-state index >= 15 is 0 Å². The molecule has 3 heteroatoms. The second-order valence-electron chi connectivity index (χ2n) is 5.03. The number of aliphatic hydroxyl groups excluding tert-OH is 1. The van der Waals surface area contributed by atoms with E-state index in [0.29, 0.717) is 6.42 Å². The monoisotopic (exact) mass is 268 g/mol. The molecule has 1 aliphatic heterocycles. The summed E-state index contributed by atoms with van der Waals surface area (Å²) in [6.07, 6.45) is -0.552. The molecule has 0 aliphatic carbocycles. The second-order valence-corrected chi connectivity index (χ2v) is 5.03. The largest absolute Gasteiger partial charge is 0.457 e. The third-order valence-corrected chi connectivity index (χ3v) is 3.72. The lowest BCUT2D eigenvalue weighted by Gasteiger charge is -2.14. The van der Waals surface area contributed by atoms with Gasteiger partial charge in [0.25, 0.3) is 0 Å². The molecule has 3 atom stereocenters. The highest BCUT2D eigenvalue weighted by Crippen LogP contribution is 2.39. The number of aliphatic hydroxyl groups is 1. The van der Waals surface area contributed by atoms with Crippen LogP contribution in [0.4, 0.5) is 0 Å². The van der Waals surface area contributed by atoms with Crippen molar-refractivity contribution in [2.24, 2.45) is 5.92 Å². The van der Waals surface area contributed by atoms with Gasteiger partial charge in [-0.1, -0.05) is 60.7 Å². The third kappa shape index (κ3) is 2.45. The molecule has 1 fully saturated rings. The van der Waals surface area contributed by atoms with Gasteiger partial charge in [0.15, 0.2) is 0 Å². The van der Waals surface area contributed by atoms with Gasteiger partial charge in [-0.3, -0.25) is 4.79 Å². The highest BCUT2D eigenvalue weighted by Gasteiger charge is 2.40. The highest BCUT2D eigenvalue weighted by molar-refractivity contribution is 5.75. The van der Waals surface area contributed by atoms with Gasteiger partial charge in [0.05, 0.1) is 12.0 Å². The molecule has 1 heterocycles. The van der Waals surface area contributed by atoms with Crippen molar-refractivity contribution < 1.29 is 14.6 Å². The van der Waals surface area contributed by atoms with Crippen LogP contribution in [0.25, 0.3) is 0 Å². The normalized spacial score (nSPS) is 23.4. The van der Waals surface area contributed by atoms with E-state index in [1.165, 1.54) is 0 Å². The number of ether oxygens (including phenoxy) is 1. The molecule has 0 bridgehead atoms. The van der Waals surface area contributed by atoms with E-state index in [0.717, 1.165) is 11.1 Å². The molecule has 3 nitrogen and oxygen atoms in total. The van der Waals surface area contributed by atoms with Gasteiger partial charge in [-0.05, 0) is 11.1 Å². The Hall–Kier alpha value is -2.13. The predicted molar refractivity (Wildman–Crippen MR) is 74.8 cm³/mol. The molecule has 0 aromatic heterocycles. The fourth-order valence-electron chi connectivity index (χ4n) is 2.61. The van der Waals surface area contributed by atoms with Crippen molar-refractivity contribution in [3.8, 4) is 0 Å². The van der Waals surface area contributed by atoms with Crippen molar-refractivity contribution >= 4 is 5.97 Å². The number of rotatable bonds is 3. The van der Waals surface area contributed by atoms with Crippen molar-refractivity contribution in [2.45, 2.75) is 18.6 Å². The summed E-state index contributed by atoms with van der Waals surface area (Å²) in [5.74, 6) is -0.821. The minimum absolute atomic E-state index is 0.257. The molecule has 0 spiro atoms. The molecule has 0 radical (unpaired) electrons. The maximum absolute atomic E-state index is 12.0. The Morgan fingerprint density at radius 1 is 1.00 bits per heavy atom. The average molecular weight is 268 g/mol. The summed E-state index contributed by atoms with van der Waals surface area (Å²) in [6.45, 7) is 0. The molecule has 0 unspecified atom stereocenters. The summed E-state index contributed by atoms with van der Waals surface area (Å²) in [6, 6.07) is 18.9. The van der Waals surface area contributed by atoms with E-state index in [9.17, 15) is 9.90 Å². The van der Waals surface area contributed by atoms with E-state index in [-0.39, 0.29) is 12.1 Å². The van der Waals surface area contributed by atoms with Crippen molar-refractivity contribution in [2.75, 3.05) is 0 Å². The van der Waals surface area contributed by atoms with Gasteiger partial charge in [-0.25, -0.2) is 0 Å². The van der Waals surface area contributed by atoms with Crippen molar-refractivity contribution in [3.05, 3.63) is 71.8 Å². The molecular weight excluding hydrogens is 252 g/mol. The first kappa shape index (κ1) is 12.9. The van der Waals surface area contributed by atoms with Crippen LogP contribution in [0.3, 0.4) is 0 Å². The summed E-state index contributed by atoms with van der Waals surface area (Å²) in [4.78, 5) is 12.0. The predicted octanol–water partition coefficient (Wildman–Crippen LogP) is 3.02. The van der Waals surface area contributed by atoms with Crippen LogP contribution in [0.1, 0.15) is 29.8 Å². The van der Waals surface area contributed by atoms with Crippen molar-refractivity contribution in [1.29, 1.82) is 0 Å². The van der Waals surface area contributed by atoms with Crippen LogP contribution < -0.4 is 0 Å². The Morgan fingerprint density at radius 2 is 1.60 bits per heavy atom. The minimum Gasteiger partial charge on any atom is -0.457 e. The minimum atomic E-state index is -0.808. The molecule has 1 saturated heterocycles. The van der Waals surface area contributed by atoms with Crippen LogP contribution in [-0.2, 0) is 9.53 Å². The molecule has 102 valence electrons. The fourth-order valence-corrected chi connectivity index (χ4v) is 2.61. The molecule has 1 N–H and O–H groups in total. The van der Waals surface area contributed by atoms with E-state index in [2.05, 4.69) is 0 Å². The Morgan fingerprint density at radius 3 is 2.25 bits per heavy atom. The summed E-state index contributed by atoms with van der Waals surface area (Å²) < 4.78 is 5.40. The number of cyclic esters (lactones) is 1. The third-order valence-electron chi connectivity index (χ3n) is 3.72. The molecule has 20 heavy (non-hydrogen) atoms. The Balaban J connectivity index is 1.78. The van der Waals surface area contributed by atoms with Gasteiger partial charge in [0, 0.05) is 6.42 Å². The Labute approximate surface area is 117 Å². The second kappa shape index (κ2) is 5.47. The van der Waals surface area contributed by atoms with Crippen molar-refractivity contribution in [3.63, 3.8) is 0 Å². The van der Waals surface area contributed by atoms with E-state index < -0.39 is 12.0 Å². The fraction of sp³-hybridized carbons (Fsp3) is 0.235. The van der Waals surface area contributed by atoms with Crippen LogP contribution in [0.5, 0.6) is 0 Å². The number of hydrogen-bond acceptors (Lipinski definition) is 3. The number of carbonyl (C=O) groups excluding carboxylic acids is 1. The van der Waals surface area contributed by atoms with Gasteiger partial charge < -0.3 is 9.84 Å². The van der Waals surface area contributed by atoms with Gasteiger partial charge >= 0.3 is 5.97 Å². The van der Waals surface area contributed by atoms with Crippen LogP contribution >= 0.6 is 0 Å². The number of carbonyl (C=O) groups is 1. The molecule has 2 aromatic rings. The first-order valence-electron chi connectivity index (χ1n) is 6.74. The summed E-state index contributed by atoms with van der Waals surface area (Å²) in [5.41, 5.74) is 1.73. The number of benzene rings is 2. The molecule has 1 aliphatic rings. The zero-order valence-corrected chi connectivity index (χ0v) is 11.0. The molecule has 0 saturated carbocycles. The zero-order chi connectivity index (χ0) is 13.9. The quantitative estimate of drug-likeness (QED) is 0.870. The van der Waals surface area contributed by atoms with E-state index in [1.54, 1.807) is 0 Å². The van der Waals surface area contributed by atoms with Crippen LogP contribution in [0, 0.1) is 5.92 Å². The SMILES string of the molecule is O=C1O[C@H](c2ccccc2)C[C@@H]1[C@@H](O)c1ccccc1. The number of hydrogen-bond donors (Lipinski definition) is 1. The molecule has 0 amide bonds. The van der Waals surface area contributed by atoms with E-state index in [1.807, 2.05) is 60.7 Å². The first-order valence-corrected chi connectivity index (χ1v) is 6.74. The maximum atomic E-state index is 12.0. The first-order chi connectivity index (χ1) is 9.75. The molecule has 2 aromatic carbocycles. The zero-order valence-electron chi connectivity index (χ0n) is 11.0. The summed E-state index contributed by atoms with van der Waals surface area (Å²) in [5, 5.41) is 10.4. The average Bonchev–Trinajstić information content (AvgIpc) is 2.90. The Bertz CT molecular complexity index is 580. The maximum Gasteiger partial charge on any atom is 0.312 e. The highest BCUT2D eigenvalue weighted by atomic mass is 16.6. The van der Waals surface area contributed by atoms with E-state index in [4.69, 9.17) is 4.74 Å². The lowest BCUT2D eigenvalue weighted by Crippen LogP contribution is -2.17. The summed E-state index contributed by atoms with van der Waals surface area (Å²) >= 11 is 0. The van der Waals surface area contributed by atoms with Crippen LogP contribution in [-0.4, -0.2) is 11.1 Å². The van der Waals surface area contributed by atoms with Gasteiger partial charge in [0.1, 0.15) is 6.10 Å². The lowest BCUT2D eigenvalue weighted by atomic mass is 9.91. The molecular formula is C17H16O3. The van der Waals surface area contributed by atoms with Gasteiger partial charge in [-0.2, -0.15) is 0 Å². The molecule has 3 rings (SSSR count). The Kier molecular flexibility index (Phi) is 3.52.